The van der Waals surface area contributed by atoms with Crippen LogP contribution in [0.25, 0.3) is 0 Å². The van der Waals surface area contributed by atoms with E-state index in [1.54, 1.807) is 6.07 Å². The molecule has 2 saturated heterocycles. The number of aromatic nitrogens is 1. The van der Waals surface area contributed by atoms with Gasteiger partial charge < -0.3 is 5.11 Å². The Morgan fingerprint density at radius 3 is 2.47 bits per heavy atom. The van der Waals surface area contributed by atoms with E-state index in [1.165, 1.54) is 0 Å². The summed E-state index contributed by atoms with van der Waals surface area (Å²) in [5, 5.41) is 10.1. The minimum Gasteiger partial charge on any atom is -0.383 e. The largest absolute Gasteiger partial charge is 0.383 e. The number of pyridine rings is 1. The first-order chi connectivity index (χ1) is 8.92. The van der Waals surface area contributed by atoms with Crippen LogP contribution in [0, 0.1) is 6.92 Å². The van der Waals surface area contributed by atoms with E-state index in [2.05, 4.69) is 4.98 Å². The molecule has 2 fully saturated rings. The minimum atomic E-state index is -3.04. The van der Waals surface area contributed by atoms with Gasteiger partial charge in [-0.25, -0.2) is 8.42 Å². The van der Waals surface area contributed by atoms with Crippen LogP contribution < -0.4 is 0 Å². The molecule has 104 valence electrons. The summed E-state index contributed by atoms with van der Waals surface area (Å²) in [7, 11) is -3.04. The summed E-state index contributed by atoms with van der Waals surface area (Å²) in [6, 6.07) is 5.56. The van der Waals surface area contributed by atoms with Gasteiger partial charge in [0.1, 0.15) is 5.60 Å². The molecule has 0 radical (unpaired) electrons. The molecule has 2 bridgehead atoms. The maximum Gasteiger partial charge on any atom is 0.156 e. The van der Waals surface area contributed by atoms with Crippen molar-refractivity contribution in [1.82, 2.24) is 4.98 Å². The number of fused-ring (bicyclic) bond motifs is 2. The van der Waals surface area contributed by atoms with Crippen LogP contribution in [-0.2, 0) is 15.4 Å². The van der Waals surface area contributed by atoms with E-state index in [1.807, 2.05) is 19.1 Å². The molecule has 19 heavy (non-hydrogen) atoms. The molecule has 4 nitrogen and oxygen atoms in total. The third-order valence-electron chi connectivity index (χ3n) is 4.48. The monoisotopic (exact) mass is 281 g/mol. The van der Waals surface area contributed by atoms with Gasteiger partial charge in [-0.05, 0) is 44.7 Å². The third-order valence-corrected chi connectivity index (χ3v) is 7.14. The molecule has 2 aliphatic rings. The van der Waals surface area contributed by atoms with Crippen LogP contribution in [0.15, 0.2) is 18.2 Å². The number of aryl methyl sites for hydroxylation is 1. The Bertz CT molecular complexity index is 576. The van der Waals surface area contributed by atoms with Crippen molar-refractivity contribution in [2.45, 2.75) is 55.1 Å². The van der Waals surface area contributed by atoms with Crippen molar-refractivity contribution in [2.75, 3.05) is 0 Å². The van der Waals surface area contributed by atoms with E-state index in [0.29, 0.717) is 31.4 Å². The number of sulfone groups is 1. The molecule has 3 heterocycles. The average Bonchev–Trinajstić information content (AvgIpc) is 2.31. The molecule has 0 amide bonds. The van der Waals surface area contributed by atoms with Crippen LogP contribution >= 0.6 is 0 Å². The second-order valence-electron chi connectivity index (χ2n) is 5.87. The number of hydrogen-bond acceptors (Lipinski definition) is 4. The molecule has 0 aromatic carbocycles. The number of nitrogens with zero attached hydrogens (tertiary/aromatic N) is 1. The smallest absolute Gasteiger partial charge is 0.156 e. The Kier molecular flexibility index (Phi) is 2.94. The molecular weight excluding hydrogens is 262 g/mol. The first-order valence-corrected chi connectivity index (χ1v) is 8.42. The summed E-state index contributed by atoms with van der Waals surface area (Å²) in [4.78, 5) is 4.40. The van der Waals surface area contributed by atoms with Crippen LogP contribution in [-0.4, -0.2) is 29.0 Å². The van der Waals surface area contributed by atoms with Crippen molar-refractivity contribution in [3.63, 3.8) is 0 Å². The summed E-state index contributed by atoms with van der Waals surface area (Å²) >= 11 is 0. The SMILES string of the molecule is Cc1cccc(C2(O)CC3CCCC(C2)S3(=O)=O)n1. The third kappa shape index (κ3) is 2.09. The second-order valence-corrected chi connectivity index (χ2v) is 8.38. The van der Waals surface area contributed by atoms with Gasteiger partial charge in [0, 0.05) is 5.69 Å². The lowest BCUT2D eigenvalue weighted by Crippen LogP contribution is -2.50. The van der Waals surface area contributed by atoms with Gasteiger partial charge in [0.05, 0.1) is 16.2 Å². The van der Waals surface area contributed by atoms with E-state index in [0.717, 1.165) is 12.1 Å². The fourth-order valence-electron chi connectivity index (χ4n) is 3.46. The summed E-state index contributed by atoms with van der Waals surface area (Å²) in [6.45, 7) is 1.88. The molecule has 1 aromatic rings. The van der Waals surface area contributed by atoms with Crippen LogP contribution in [0.3, 0.4) is 0 Å². The highest BCUT2D eigenvalue weighted by Crippen LogP contribution is 2.45. The van der Waals surface area contributed by atoms with Crippen LogP contribution in [0.2, 0.25) is 0 Å². The molecule has 5 heteroatoms. The van der Waals surface area contributed by atoms with Gasteiger partial charge in [-0.2, -0.15) is 0 Å². The Labute approximate surface area is 113 Å². The van der Waals surface area contributed by atoms with E-state index in [4.69, 9.17) is 0 Å². The van der Waals surface area contributed by atoms with Crippen molar-refractivity contribution in [1.29, 1.82) is 0 Å². The fourth-order valence-corrected chi connectivity index (χ4v) is 6.01. The zero-order valence-electron chi connectivity index (χ0n) is 11.0. The summed E-state index contributed by atoms with van der Waals surface area (Å²) < 4.78 is 24.5. The standard InChI is InChI=1S/C14H19NO3S/c1-10-4-2-7-13(15-10)14(16)8-11-5-3-6-12(9-14)19(11,17)18/h2,4,7,11-12,16H,3,5-6,8-9H2,1H3. The lowest BCUT2D eigenvalue weighted by molar-refractivity contribution is 0.000874. The lowest BCUT2D eigenvalue weighted by atomic mass is 9.83. The van der Waals surface area contributed by atoms with Crippen LogP contribution in [0.4, 0.5) is 0 Å². The van der Waals surface area contributed by atoms with Crippen molar-refractivity contribution in [2.24, 2.45) is 0 Å². The fraction of sp³-hybridized carbons (Fsp3) is 0.643. The first-order valence-electron chi connectivity index (χ1n) is 6.81. The van der Waals surface area contributed by atoms with Crippen molar-refractivity contribution >= 4 is 9.84 Å². The molecule has 1 aromatic heterocycles. The quantitative estimate of drug-likeness (QED) is 0.851. The van der Waals surface area contributed by atoms with Gasteiger partial charge in [0.25, 0.3) is 0 Å². The molecule has 1 N–H and O–H groups in total. The molecule has 3 rings (SSSR count). The number of hydrogen-bond donors (Lipinski definition) is 1. The highest BCUT2D eigenvalue weighted by molar-refractivity contribution is 7.92. The molecule has 2 atom stereocenters. The molecule has 2 unspecified atom stereocenters. The van der Waals surface area contributed by atoms with Gasteiger partial charge in [0.15, 0.2) is 9.84 Å². The lowest BCUT2D eigenvalue weighted by Gasteiger charge is -2.43. The Balaban J connectivity index is 1.99. The van der Waals surface area contributed by atoms with Crippen molar-refractivity contribution in [3.05, 3.63) is 29.6 Å². The Morgan fingerprint density at radius 1 is 1.26 bits per heavy atom. The molecule has 0 spiro atoms. The highest BCUT2D eigenvalue weighted by atomic mass is 32.2. The molecule has 0 aliphatic carbocycles. The van der Waals surface area contributed by atoms with Crippen LogP contribution in [0.1, 0.15) is 43.5 Å². The summed E-state index contributed by atoms with van der Waals surface area (Å²) in [5.41, 5.74) is 0.399. The highest BCUT2D eigenvalue weighted by Gasteiger charge is 2.51. The predicted octanol–water partition coefficient (Wildman–Crippen LogP) is 1.71. The van der Waals surface area contributed by atoms with E-state index in [9.17, 15) is 13.5 Å². The van der Waals surface area contributed by atoms with Gasteiger partial charge in [-0.3, -0.25) is 4.98 Å². The van der Waals surface area contributed by atoms with Gasteiger partial charge in [0.2, 0.25) is 0 Å². The maximum absolute atomic E-state index is 12.2. The number of aliphatic hydroxyl groups is 1. The maximum atomic E-state index is 12.2. The predicted molar refractivity (Wildman–Crippen MR) is 72.5 cm³/mol. The zero-order valence-corrected chi connectivity index (χ0v) is 11.9. The minimum absolute atomic E-state index is 0.294. The van der Waals surface area contributed by atoms with E-state index >= 15 is 0 Å². The van der Waals surface area contributed by atoms with Gasteiger partial charge >= 0.3 is 0 Å². The number of rotatable bonds is 1. The van der Waals surface area contributed by atoms with Gasteiger partial charge in [-0.1, -0.05) is 12.5 Å². The molecule has 2 aliphatic heterocycles. The molecular formula is C14H19NO3S. The van der Waals surface area contributed by atoms with Crippen molar-refractivity contribution < 1.29 is 13.5 Å². The summed E-state index contributed by atoms with van der Waals surface area (Å²) in [5.74, 6) is 0. The van der Waals surface area contributed by atoms with Crippen molar-refractivity contribution in [3.8, 4) is 0 Å². The topological polar surface area (TPSA) is 67.3 Å². The zero-order chi connectivity index (χ0) is 13.7. The van der Waals surface area contributed by atoms with E-state index < -0.39 is 25.9 Å². The van der Waals surface area contributed by atoms with E-state index in [-0.39, 0.29) is 0 Å². The second kappa shape index (κ2) is 4.28. The molecule has 0 saturated carbocycles. The Hall–Kier alpha value is -0.940. The summed E-state index contributed by atoms with van der Waals surface area (Å²) in [6.07, 6.45) is 2.89. The Morgan fingerprint density at radius 2 is 1.89 bits per heavy atom. The normalized spacial score (nSPS) is 36.9. The van der Waals surface area contributed by atoms with Gasteiger partial charge in [-0.15, -0.1) is 0 Å². The first kappa shape index (κ1) is 13.1. The van der Waals surface area contributed by atoms with Crippen LogP contribution in [0.5, 0.6) is 0 Å². The average molecular weight is 281 g/mol.